The van der Waals surface area contributed by atoms with Crippen LogP contribution < -0.4 is 16.0 Å². The van der Waals surface area contributed by atoms with Gasteiger partial charge in [-0.3, -0.25) is 14.9 Å². The summed E-state index contributed by atoms with van der Waals surface area (Å²) >= 11 is 0. The fraction of sp³-hybridized carbons (Fsp3) is 0.391. The summed E-state index contributed by atoms with van der Waals surface area (Å²) in [6.07, 6.45) is 5.23. The van der Waals surface area contributed by atoms with E-state index in [0.717, 1.165) is 37.7 Å². The summed E-state index contributed by atoms with van der Waals surface area (Å²) in [4.78, 5) is 49.0. The first-order chi connectivity index (χ1) is 15.3. The van der Waals surface area contributed by atoms with Crippen molar-refractivity contribution in [1.82, 2.24) is 10.6 Å². The largest absolute Gasteiger partial charge is 0.459 e. The van der Waals surface area contributed by atoms with Gasteiger partial charge in [-0.25, -0.2) is 9.59 Å². The van der Waals surface area contributed by atoms with E-state index < -0.39 is 29.9 Å². The van der Waals surface area contributed by atoms with Crippen molar-refractivity contribution in [1.29, 1.82) is 0 Å². The van der Waals surface area contributed by atoms with E-state index in [1.165, 1.54) is 31.4 Å². The standard InChI is InChI=1S/C23H27N3O6/c1-14-10-11-16(13-18(14)25-21(28)19-9-6-12-31-19)22(29)32-15(2)20(27)26-23(30)24-17-7-4-3-5-8-17/h6,9-13,15,17H,3-5,7-8H2,1-2H3,(H,25,28)(H2,24,26,27,30)/t15-/m0/s1. The van der Waals surface area contributed by atoms with Crippen molar-refractivity contribution in [2.75, 3.05) is 5.32 Å². The second-order valence-electron chi connectivity index (χ2n) is 7.81. The lowest BCUT2D eigenvalue weighted by Crippen LogP contribution is -2.48. The average Bonchev–Trinajstić information content (AvgIpc) is 3.31. The number of hydrogen-bond acceptors (Lipinski definition) is 6. The molecule has 32 heavy (non-hydrogen) atoms. The molecular weight excluding hydrogens is 414 g/mol. The molecule has 1 heterocycles. The molecule has 2 aromatic rings. The van der Waals surface area contributed by atoms with Crippen LogP contribution in [0, 0.1) is 6.92 Å². The lowest BCUT2D eigenvalue weighted by molar-refractivity contribution is -0.127. The highest BCUT2D eigenvalue weighted by molar-refractivity contribution is 6.03. The molecule has 1 aliphatic rings. The number of aryl methyl sites for hydroxylation is 1. The molecule has 3 rings (SSSR count). The number of urea groups is 1. The average molecular weight is 441 g/mol. The molecule has 4 amide bonds. The second-order valence-corrected chi connectivity index (χ2v) is 7.81. The summed E-state index contributed by atoms with van der Waals surface area (Å²) < 4.78 is 10.3. The van der Waals surface area contributed by atoms with E-state index in [4.69, 9.17) is 9.15 Å². The minimum atomic E-state index is -1.18. The molecule has 9 nitrogen and oxygen atoms in total. The van der Waals surface area contributed by atoms with E-state index in [1.807, 2.05) is 0 Å². The first-order valence-corrected chi connectivity index (χ1v) is 10.6. The molecule has 3 N–H and O–H groups in total. The highest BCUT2D eigenvalue weighted by Crippen LogP contribution is 2.20. The van der Waals surface area contributed by atoms with E-state index in [1.54, 1.807) is 19.1 Å². The Bertz CT molecular complexity index is 980. The molecule has 0 spiro atoms. The Hall–Kier alpha value is -3.62. The summed E-state index contributed by atoms with van der Waals surface area (Å²) in [5.41, 5.74) is 1.29. The predicted molar refractivity (Wildman–Crippen MR) is 116 cm³/mol. The fourth-order valence-electron chi connectivity index (χ4n) is 3.44. The van der Waals surface area contributed by atoms with Gasteiger partial charge in [-0.05, 0) is 56.5 Å². The van der Waals surface area contributed by atoms with Gasteiger partial charge < -0.3 is 19.8 Å². The van der Waals surface area contributed by atoms with Crippen molar-refractivity contribution in [2.45, 2.75) is 58.1 Å². The van der Waals surface area contributed by atoms with Crippen LogP contribution in [0.1, 0.15) is 65.5 Å². The number of carbonyl (C=O) groups excluding carboxylic acids is 4. The van der Waals surface area contributed by atoms with Crippen LogP contribution in [0.25, 0.3) is 0 Å². The van der Waals surface area contributed by atoms with Gasteiger partial charge >= 0.3 is 12.0 Å². The van der Waals surface area contributed by atoms with Crippen molar-refractivity contribution in [3.63, 3.8) is 0 Å². The zero-order valence-electron chi connectivity index (χ0n) is 18.1. The first kappa shape index (κ1) is 23.1. The van der Waals surface area contributed by atoms with Crippen molar-refractivity contribution in [3.8, 4) is 0 Å². The number of hydrogen-bond donors (Lipinski definition) is 3. The third-order valence-corrected chi connectivity index (χ3v) is 5.30. The van der Waals surface area contributed by atoms with Gasteiger partial charge in [0.05, 0.1) is 11.8 Å². The molecular formula is C23H27N3O6. The topological polar surface area (TPSA) is 127 Å². The number of ether oxygens (including phenoxy) is 1. The van der Waals surface area contributed by atoms with Gasteiger partial charge in [0.2, 0.25) is 0 Å². The molecule has 9 heteroatoms. The Morgan fingerprint density at radius 3 is 2.53 bits per heavy atom. The summed E-state index contributed by atoms with van der Waals surface area (Å²) in [5, 5.41) is 7.66. The van der Waals surface area contributed by atoms with Crippen LogP contribution >= 0.6 is 0 Å². The number of benzene rings is 1. The number of carbonyl (C=O) groups is 4. The number of imide groups is 1. The first-order valence-electron chi connectivity index (χ1n) is 10.6. The molecule has 1 aromatic heterocycles. The molecule has 170 valence electrons. The molecule has 1 saturated carbocycles. The molecule has 0 bridgehead atoms. The molecule has 1 aliphatic carbocycles. The summed E-state index contributed by atoms with van der Waals surface area (Å²) in [6, 6.07) is 7.21. The zero-order valence-corrected chi connectivity index (χ0v) is 18.1. The molecule has 1 atom stereocenters. The maximum Gasteiger partial charge on any atom is 0.338 e. The van der Waals surface area contributed by atoms with Crippen LogP contribution in [-0.2, 0) is 9.53 Å². The number of nitrogens with one attached hydrogen (secondary N) is 3. The highest BCUT2D eigenvalue weighted by atomic mass is 16.5. The van der Waals surface area contributed by atoms with Gasteiger partial charge in [0.25, 0.3) is 11.8 Å². The number of esters is 1. The third-order valence-electron chi connectivity index (χ3n) is 5.30. The van der Waals surface area contributed by atoms with Crippen LogP contribution in [0.4, 0.5) is 10.5 Å². The number of rotatable bonds is 6. The Labute approximate surface area is 185 Å². The van der Waals surface area contributed by atoms with Crippen LogP contribution in [0.3, 0.4) is 0 Å². The van der Waals surface area contributed by atoms with Crippen LogP contribution in [0.5, 0.6) is 0 Å². The Kier molecular flexibility index (Phi) is 7.64. The third kappa shape index (κ3) is 6.19. The molecule has 1 aromatic carbocycles. The lowest BCUT2D eigenvalue weighted by Gasteiger charge is -2.23. The van der Waals surface area contributed by atoms with E-state index in [2.05, 4.69) is 16.0 Å². The molecule has 0 radical (unpaired) electrons. The maximum atomic E-state index is 12.5. The second kappa shape index (κ2) is 10.6. The quantitative estimate of drug-likeness (QED) is 0.589. The highest BCUT2D eigenvalue weighted by Gasteiger charge is 2.23. The van der Waals surface area contributed by atoms with Gasteiger partial charge in [-0.1, -0.05) is 25.3 Å². The van der Waals surface area contributed by atoms with Gasteiger partial charge in [-0.2, -0.15) is 0 Å². The molecule has 0 saturated heterocycles. The fourth-order valence-corrected chi connectivity index (χ4v) is 3.44. The monoisotopic (exact) mass is 441 g/mol. The zero-order chi connectivity index (χ0) is 23.1. The van der Waals surface area contributed by atoms with E-state index >= 15 is 0 Å². The van der Waals surface area contributed by atoms with E-state index in [9.17, 15) is 19.2 Å². The van der Waals surface area contributed by atoms with Gasteiger partial charge in [-0.15, -0.1) is 0 Å². The minimum absolute atomic E-state index is 0.0526. The molecule has 0 unspecified atom stereocenters. The molecule has 1 fully saturated rings. The van der Waals surface area contributed by atoms with Crippen molar-refractivity contribution in [2.24, 2.45) is 0 Å². The van der Waals surface area contributed by atoms with Crippen molar-refractivity contribution < 1.29 is 28.3 Å². The summed E-state index contributed by atoms with van der Waals surface area (Å²) in [6.45, 7) is 3.16. The summed E-state index contributed by atoms with van der Waals surface area (Å²) in [5.74, 6) is -1.80. The van der Waals surface area contributed by atoms with Crippen LogP contribution in [0.2, 0.25) is 0 Å². The number of furan rings is 1. The SMILES string of the molecule is Cc1ccc(C(=O)O[C@@H](C)C(=O)NC(=O)NC2CCCCC2)cc1NC(=O)c1ccco1. The maximum absolute atomic E-state index is 12.5. The normalized spacial score (nSPS) is 14.8. The van der Waals surface area contributed by atoms with Gasteiger partial charge in [0.15, 0.2) is 11.9 Å². The Morgan fingerprint density at radius 1 is 1.09 bits per heavy atom. The van der Waals surface area contributed by atoms with Crippen molar-refractivity contribution >= 4 is 29.5 Å². The number of amides is 4. The van der Waals surface area contributed by atoms with Crippen molar-refractivity contribution in [3.05, 3.63) is 53.5 Å². The van der Waals surface area contributed by atoms with Gasteiger partial charge in [0, 0.05) is 11.7 Å². The predicted octanol–water partition coefficient (Wildman–Crippen LogP) is 3.54. The molecule has 0 aliphatic heterocycles. The van der Waals surface area contributed by atoms with Crippen LogP contribution in [-0.4, -0.2) is 36.0 Å². The van der Waals surface area contributed by atoms with E-state index in [0.29, 0.717) is 5.69 Å². The Balaban J connectivity index is 1.55. The minimum Gasteiger partial charge on any atom is -0.459 e. The van der Waals surface area contributed by atoms with E-state index in [-0.39, 0.29) is 17.4 Å². The summed E-state index contributed by atoms with van der Waals surface area (Å²) in [7, 11) is 0. The number of anilines is 1. The van der Waals surface area contributed by atoms with Crippen LogP contribution in [0.15, 0.2) is 41.0 Å². The Morgan fingerprint density at radius 2 is 1.84 bits per heavy atom. The van der Waals surface area contributed by atoms with Gasteiger partial charge in [0.1, 0.15) is 0 Å². The smallest absolute Gasteiger partial charge is 0.338 e. The lowest BCUT2D eigenvalue weighted by atomic mass is 9.96.